The first kappa shape index (κ1) is 11.2. The number of benzene rings is 1. The van der Waals surface area contributed by atoms with Crippen molar-refractivity contribution in [2.75, 3.05) is 6.54 Å². The second kappa shape index (κ2) is 4.30. The fraction of sp³-hybridized carbons (Fsp3) is 0.429. The van der Waals surface area contributed by atoms with Crippen molar-refractivity contribution in [1.82, 2.24) is 4.57 Å². The van der Waals surface area contributed by atoms with Gasteiger partial charge in [0.15, 0.2) is 0 Å². The van der Waals surface area contributed by atoms with Crippen LogP contribution < -0.4 is 5.73 Å². The Morgan fingerprint density at radius 3 is 2.50 bits per heavy atom. The molecule has 0 aliphatic carbocycles. The molecule has 0 spiro atoms. The van der Waals surface area contributed by atoms with Crippen molar-refractivity contribution in [3.63, 3.8) is 0 Å². The Hall–Kier alpha value is -1.28. The monoisotopic (exact) mass is 216 g/mol. The van der Waals surface area contributed by atoms with Gasteiger partial charge in [-0.1, -0.05) is 0 Å². The normalized spacial score (nSPS) is 11.2. The van der Waals surface area contributed by atoms with Crippen LogP contribution in [0.15, 0.2) is 18.3 Å². The van der Waals surface area contributed by atoms with E-state index in [1.165, 1.54) is 27.6 Å². The van der Waals surface area contributed by atoms with E-state index in [-0.39, 0.29) is 0 Å². The largest absolute Gasteiger partial charge is 0.347 e. The van der Waals surface area contributed by atoms with E-state index in [1.807, 2.05) is 0 Å². The molecule has 0 saturated carbocycles. The molecule has 2 aromatic rings. The summed E-state index contributed by atoms with van der Waals surface area (Å²) in [6.45, 7) is 8.26. The molecule has 0 aliphatic heterocycles. The fourth-order valence-corrected chi connectivity index (χ4v) is 2.24. The highest BCUT2D eigenvalue weighted by atomic mass is 14.9. The third-order valence-electron chi connectivity index (χ3n) is 3.33. The average molecular weight is 216 g/mol. The third-order valence-corrected chi connectivity index (χ3v) is 3.33. The molecule has 86 valence electrons. The van der Waals surface area contributed by atoms with E-state index in [4.69, 9.17) is 5.73 Å². The highest BCUT2D eigenvalue weighted by Gasteiger charge is 2.08. The molecule has 0 atom stereocenters. The summed E-state index contributed by atoms with van der Waals surface area (Å²) >= 11 is 0. The molecule has 0 amide bonds. The molecule has 2 N–H and O–H groups in total. The van der Waals surface area contributed by atoms with Gasteiger partial charge in [0.25, 0.3) is 0 Å². The van der Waals surface area contributed by atoms with Gasteiger partial charge in [-0.25, -0.2) is 0 Å². The van der Waals surface area contributed by atoms with Crippen LogP contribution in [-0.4, -0.2) is 11.1 Å². The van der Waals surface area contributed by atoms with Gasteiger partial charge < -0.3 is 10.3 Å². The number of nitrogens with zero attached hydrogens (tertiary/aromatic N) is 1. The van der Waals surface area contributed by atoms with E-state index < -0.39 is 0 Å². The van der Waals surface area contributed by atoms with Crippen LogP contribution in [0.25, 0.3) is 10.9 Å². The van der Waals surface area contributed by atoms with E-state index in [9.17, 15) is 0 Å². The molecule has 1 aromatic carbocycles. The lowest BCUT2D eigenvalue weighted by atomic mass is 10.0. The summed E-state index contributed by atoms with van der Waals surface area (Å²) in [6, 6.07) is 4.58. The Labute approximate surface area is 97.1 Å². The quantitative estimate of drug-likeness (QED) is 0.840. The smallest absolute Gasteiger partial charge is 0.0485 e. The maximum atomic E-state index is 5.66. The van der Waals surface area contributed by atoms with E-state index in [0.717, 1.165) is 19.5 Å². The molecular weight excluding hydrogens is 196 g/mol. The Kier molecular flexibility index (Phi) is 3.01. The van der Waals surface area contributed by atoms with Gasteiger partial charge in [-0.05, 0) is 62.6 Å². The second-order valence-corrected chi connectivity index (χ2v) is 4.43. The maximum absolute atomic E-state index is 5.66. The number of rotatable bonds is 3. The van der Waals surface area contributed by atoms with Crippen molar-refractivity contribution in [2.24, 2.45) is 5.73 Å². The van der Waals surface area contributed by atoms with Crippen LogP contribution in [0.1, 0.15) is 23.6 Å². The first-order valence-corrected chi connectivity index (χ1v) is 5.96. The summed E-state index contributed by atoms with van der Waals surface area (Å²) in [5.41, 5.74) is 11.1. The zero-order chi connectivity index (χ0) is 11.7. The highest BCUT2D eigenvalue weighted by Crippen LogP contribution is 2.25. The zero-order valence-corrected chi connectivity index (χ0v) is 10.4. The van der Waals surface area contributed by atoms with E-state index in [1.54, 1.807) is 0 Å². The molecule has 0 saturated heterocycles. The zero-order valence-electron chi connectivity index (χ0n) is 10.4. The van der Waals surface area contributed by atoms with Gasteiger partial charge in [0.2, 0.25) is 0 Å². The second-order valence-electron chi connectivity index (χ2n) is 4.43. The van der Waals surface area contributed by atoms with Crippen LogP contribution in [0.4, 0.5) is 0 Å². The first-order chi connectivity index (χ1) is 7.67. The number of fused-ring (bicyclic) bond motifs is 1. The average Bonchev–Trinajstić information content (AvgIpc) is 2.58. The van der Waals surface area contributed by atoms with Gasteiger partial charge in [-0.3, -0.25) is 0 Å². The number of hydrogen-bond donors (Lipinski definition) is 1. The van der Waals surface area contributed by atoms with Gasteiger partial charge in [-0.15, -0.1) is 0 Å². The van der Waals surface area contributed by atoms with Gasteiger partial charge in [0, 0.05) is 23.6 Å². The van der Waals surface area contributed by atoms with Gasteiger partial charge in [0.1, 0.15) is 0 Å². The lowest BCUT2D eigenvalue weighted by Crippen LogP contribution is -2.02. The van der Waals surface area contributed by atoms with Crippen LogP contribution in [0.3, 0.4) is 0 Å². The van der Waals surface area contributed by atoms with Crippen molar-refractivity contribution in [3.8, 4) is 0 Å². The molecule has 0 aliphatic rings. The molecule has 0 unspecified atom stereocenters. The minimum absolute atomic E-state index is 0.718. The van der Waals surface area contributed by atoms with Crippen LogP contribution in [0.5, 0.6) is 0 Å². The van der Waals surface area contributed by atoms with E-state index in [0.29, 0.717) is 0 Å². The molecule has 2 rings (SSSR count). The standard InChI is InChI=1S/C14H20N2/c1-4-16-9-12(5-6-15)13-7-10(2)11(3)8-14(13)16/h7-9H,4-6,15H2,1-3H3. The maximum Gasteiger partial charge on any atom is 0.0485 e. The van der Waals surface area contributed by atoms with Crippen LogP contribution in [0.2, 0.25) is 0 Å². The number of aromatic nitrogens is 1. The summed E-state index contributed by atoms with van der Waals surface area (Å²) in [7, 11) is 0. The topological polar surface area (TPSA) is 30.9 Å². The summed E-state index contributed by atoms with van der Waals surface area (Å²) in [5, 5.41) is 1.37. The molecule has 2 heteroatoms. The van der Waals surface area contributed by atoms with Crippen LogP contribution in [-0.2, 0) is 13.0 Å². The Morgan fingerprint density at radius 2 is 1.88 bits per heavy atom. The predicted molar refractivity (Wildman–Crippen MR) is 69.8 cm³/mol. The Morgan fingerprint density at radius 1 is 1.19 bits per heavy atom. The Bertz CT molecular complexity index is 509. The summed E-state index contributed by atoms with van der Waals surface area (Å²) < 4.78 is 2.31. The predicted octanol–water partition coefficient (Wildman–Crippen LogP) is 2.78. The van der Waals surface area contributed by atoms with E-state index >= 15 is 0 Å². The lowest BCUT2D eigenvalue weighted by molar-refractivity contribution is 0.790. The molecule has 1 aromatic heterocycles. The van der Waals surface area contributed by atoms with Crippen molar-refractivity contribution in [2.45, 2.75) is 33.7 Å². The first-order valence-electron chi connectivity index (χ1n) is 5.96. The number of hydrogen-bond acceptors (Lipinski definition) is 1. The van der Waals surface area contributed by atoms with Crippen LogP contribution >= 0.6 is 0 Å². The lowest BCUT2D eigenvalue weighted by Gasteiger charge is -2.04. The molecule has 0 fully saturated rings. The van der Waals surface area contributed by atoms with Crippen LogP contribution in [0, 0.1) is 13.8 Å². The summed E-state index contributed by atoms with van der Waals surface area (Å²) in [4.78, 5) is 0. The van der Waals surface area contributed by atoms with Crippen molar-refractivity contribution >= 4 is 10.9 Å². The van der Waals surface area contributed by atoms with Crippen molar-refractivity contribution in [3.05, 3.63) is 35.0 Å². The SMILES string of the molecule is CCn1cc(CCN)c2cc(C)c(C)cc21. The highest BCUT2D eigenvalue weighted by molar-refractivity contribution is 5.85. The molecular formula is C14H20N2. The van der Waals surface area contributed by atoms with Crippen molar-refractivity contribution < 1.29 is 0 Å². The fourth-order valence-electron chi connectivity index (χ4n) is 2.24. The third kappa shape index (κ3) is 1.74. The van der Waals surface area contributed by atoms with Crippen molar-refractivity contribution in [1.29, 1.82) is 0 Å². The number of aryl methyl sites for hydroxylation is 3. The van der Waals surface area contributed by atoms with Gasteiger partial charge in [0.05, 0.1) is 0 Å². The molecule has 0 bridgehead atoms. The summed E-state index contributed by atoms with van der Waals surface area (Å²) in [5.74, 6) is 0. The molecule has 2 nitrogen and oxygen atoms in total. The summed E-state index contributed by atoms with van der Waals surface area (Å²) in [6.07, 6.45) is 3.21. The molecule has 16 heavy (non-hydrogen) atoms. The molecule has 0 radical (unpaired) electrons. The minimum Gasteiger partial charge on any atom is -0.347 e. The molecule has 1 heterocycles. The van der Waals surface area contributed by atoms with E-state index in [2.05, 4.69) is 43.7 Å². The number of nitrogens with two attached hydrogens (primary N) is 1. The Balaban J connectivity index is 2.69. The van der Waals surface area contributed by atoms with Gasteiger partial charge >= 0.3 is 0 Å². The minimum atomic E-state index is 0.718. The van der Waals surface area contributed by atoms with Gasteiger partial charge in [-0.2, -0.15) is 0 Å².